The van der Waals surface area contributed by atoms with E-state index in [0.717, 1.165) is 35.4 Å². The van der Waals surface area contributed by atoms with E-state index in [1.807, 2.05) is 36.4 Å². The molecule has 4 rings (SSSR count). The Balaban J connectivity index is 1.60. The monoisotopic (exact) mass is 471 g/mol. The number of amides is 1. The summed E-state index contributed by atoms with van der Waals surface area (Å²) >= 11 is 6.09. The summed E-state index contributed by atoms with van der Waals surface area (Å²) in [4.78, 5) is 13.2. The molecule has 0 fully saturated rings. The lowest BCUT2D eigenvalue weighted by atomic mass is 9.80. The molecule has 3 aromatic carbocycles. The van der Waals surface area contributed by atoms with Crippen molar-refractivity contribution < 1.29 is 4.79 Å². The smallest absolute Gasteiger partial charge is 0.251 e. The average molecular weight is 472 g/mol. The van der Waals surface area contributed by atoms with Crippen molar-refractivity contribution in [3.63, 3.8) is 0 Å². The van der Waals surface area contributed by atoms with E-state index in [4.69, 9.17) is 11.6 Å². The normalized spacial score (nSPS) is 18.7. The van der Waals surface area contributed by atoms with Gasteiger partial charge >= 0.3 is 0 Å². The van der Waals surface area contributed by atoms with Crippen molar-refractivity contribution in [1.82, 2.24) is 5.32 Å². The molecule has 0 saturated heterocycles. The number of fused-ring (bicyclic) bond motifs is 1. The highest BCUT2D eigenvalue weighted by atomic mass is 35.5. The second kappa shape index (κ2) is 10.6. The van der Waals surface area contributed by atoms with Gasteiger partial charge in [-0.15, -0.1) is 0 Å². The Hall–Kier alpha value is -2.84. The second-order valence-corrected chi connectivity index (χ2v) is 10.1. The van der Waals surface area contributed by atoms with Gasteiger partial charge in [0.1, 0.15) is 0 Å². The van der Waals surface area contributed by atoms with Crippen LogP contribution in [0.1, 0.15) is 85.1 Å². The van der Waals surface area contributed by atoms with Crippen LogP contribution < -0.4 is 5.32 Å². The summed E-state index contributed by atoms with van der Waals surface area (Å²) in [5.41, 5.74) is 8.42. The maximum Gasteiger partial charge on any atom is 0.251 e. The van der Waals surface area contributed by atoms with Crippen LogP contribution in [0.3, 0.4) is 0 Å². The Morgan fingerprint density at radius 1 is 1.03 bits per heavy atom. The maximum absolute atomic E-state index is 13.2. The van der Waals surface area contributed by atoms with Crippen LogP contribution in [0.15, 0.2) is 78.4 Å². The minimum absolute atomic E-state index is 0.00793. The Morgan fingerprint density at radius 2 is 1.74 bits per heavy atom. The van der Waals surface area contributed by atoms with Crippen LogP contribution in [0, 0.1) is 5.92 Å². The molecule has 1 amide bonds. The molecule has 0 aromatic heterocycles. The first-order chi connectivity index (χ1) is 16.4. The van der Waals surface area contributed by atoms with Gasteiger partial charge in [0.2, 0.25) is 0 Å². The van der Waals surface area contributed by atoms with E-state index in [1.165, 1.54) is 27.8 Å². The van der Waals surface area contributed by atoms with Gasteiger partial charge in [0, 0.05) is 10.6 Å². The number of nitrogens with one attached hydrogen (secondary N) is 1. The highest BCUT2D eigenvalue weighted by Crippen LogP contribution is 2.41. The van der Waals surface area contributed by atoms with Gasteiger partial charge in [-0.1, -0.05) is 79.6 Å². The van der Waals surface area contributed by atoms with Gasteiger partial charge in [-0.2, -0.15) is 0 Å². The van der Waals surface area contributed by atoms with Crippen molar-refractivity contribution in [2.45, 2.75) is 58.9 Å². The summed E-state index contributed by atoms with van der Waals surface area (Å²) in [6, 6.07) is 24.7. The van der Waals surface area contributed by atoms with E-state index in [0.29, 0.717) is 11.8 Å². The Labute approximate surface area is 209 Å². The highest BCUT2D eigenvalue weighted by Gasteiger charge is 2.27. The van der Waals surface area contributed by atoms with Crippen LogP contribution in [-0.2, 0) is 6.42 Å². The highest BCUT2D eigenvalue weighted by molar-refractivity contribution is 6.30. The van der Waals surface area contributed by atoms with Gasteiger partial charge in [0.15, 0.2) is 0 Å². The standard InChI is InChI=1S/C31H34ClNO/c1-5-30(24-9-7-6-8-10-24)33-31(34)25-13-16-28-22(4)26(17-20(2)21(3)29(28)19-25)18-23-11-14-27(32)15-12-23/h6-16,19,22,26,30H,5,17-18H2,1-4H3,(H,33,34). The fraction of sp³-hybridized carbons (Fsp3) is 0.323. The van der Waals surface area contributed by atoms with Crippen molar-refractivity contribution >= 4 is 23.1 Å². The molecule has 2 nitrogen and oxygen atoms in total. The molecule has 0 radical (unpaired) electrons. The largest absolute Gasteiger partial charge is 0.345 e. The molecule has 0 heterocycles. The summed E-state index contributed by atoms with van der Waals surface area (Å²) in [6.45, 7) is 8.87. The van der Waals surface area contributed by atoms with Gasteiger partial charge in [0.25, 0.3) is 5.91 Å². The quantitative estimate of drug-likeness (QED) is 0.384. The molecule has 0 aliphatic heterocycles. The first-order valence-corrected chi connectivity index (χ1v) is 12.7. The van der Waals surface area contributed by atoms with Gasteiger partial charge in [-0.3, -0.25) is 4.79 Å². The number of carbonyl (C=O) groups excluding carboxylic acids is 1. The second-order valence-electron chi connectivity index (χ2n) is 9.64. The van der Waals surface area contributed by atoms with Crippen molar-refractivity contribution in [1.29, 1.82) is 0 Å². The molecule has 3 unspecified atom stereocenters. The molecule has 3 aromatic rings. The third-order valence-corrected chi connectivity index (χ3v) is 7.70. The number of halogens is 1. The predicted octanol–water partition coefficient (Wildman–Crippen LogP) is 8.38. The molecule has 0 saturated carbocycles. The lowest BCUT2D eigenvalue weighted by Gasteiger charge is -2.24. The number of hydrogen-bond acceptors (Lipinski definition) is 1. The van der Waals surface area contributed by atoms with Gasteiger partial charge < -0.3 is 5.32 Å². The Bertz CT molecular complexity index is 1180. The van der Waals surface area contributed by atoms with Crippen molar-refractivity contribution in [2.75, 3.05) is 0 Å². The van der Waals surface area contributed by atoms with E-state index in [-0.39, 0.29) is 11.9 Å². The molecule has 1 aliphatic carbocycles. The average Bonchev–Trinajstić information content (AvgIpc) is 2.94. The van der Waals surface area contributed by atoms with Crippen molar-refractivity contribution in [3.05, 3.63) is 111 Å². The Morgan fingerprint density at radius 3 is 2.41 bits per heavy atom. The molecule has 1 aliphatic rings. The topological polar surface area (TPSA) is 29.1 Å². The van der Waals surface area contributed by atoms with Gasteiger partial charge in [-0.05, 0) is 97.0 Å². The fourth-order valence-corrected chi connectivity index (χ4v) is 5.27. The van der Waals surface area contributed by atoms with Crippen LogP contribution in [0.2, 0.25) is 5.02 Å². The molecule has 3 atom stereocenters. The third kappa shape index (κ3) is 5.28. The first kappa shape index (κ1) is 24.3. The lowest BCUT2D eigenvalue weighted by Crippen LogP contribution is -2.28. The number of rotatable bonds is 6. The Kier molecular flexibility index (Phi) is 7.58. The minimum Gasteiger partial charge on any atom is -0.345 e. The SMILES string of the molecule is CCC(NC(=O)c1ccc2c(c1)C(C)=C(C)CC(Cc1ccc(Cl)cc1)C2C)c1ccccc1. The molecule has 1 N–H and O–H groups in total. The van der Waals surface area contributed by atoms with E-state index < -0.39 is 0 Å². The molecular weight excluding hydrogens is 438 g/mol. The predicted molar refractivity (Wildman–Crippen MR) is 143 cm³/mol. The van der Waals surface area contributed by atoms with Crippen LogP contribution >= 0.6 is 11.6 Å². The van der Waals surface area contributed by atoms with Crippen molar-refractivity contribution in [3.8, 4) is 0 Å². The van der Waals surface area contributed by atoms with Crippen LogP contribution in [-0.4, -0.2) is 5.91 Å². The van der Waals surface area contributed by atoms with E-state index in [9.17, 15) is 4.79 Å². The number of benzene rings is 3. The molecular formula is C31H34ClNO. The zero-order valence-electron chi connectivity index (χ0n) is 20.6. The zero-order valence-corrected chi connectivity index (χ0v) is 21.3. The zero-order chi connectivity index (χ0) is 24.2. The van der Waals surface area contributed by atoms with E-state index in [1.54, 1.807) is 0 Å². The minimum atomic E-state index is -0.0152. The number of allylic oxidation sites excluding steroid dienone is 2. The van der Waals surface area contributed by atoms with E-state index >= 15 is 0 Å². The summed E-state index contributed by atoms with van der Waals surface area (Å²) in [6.07, 6.45) is 2.92. The summed E-state index contributed by atoms with van der Waals surface area (Å²) < 4.78 is 0. The summed E-state index contributed by atoms with van der Waals surface area (Å²) in [5, 5.41) is 4.02. The molecule has 0 spiro atoms. The lowest BCUT2D eigenvalue weighted by molar-refractivity contribution is 0.0935. The maximum atomic E-state index is 13.2. The van der Waals surface area contributed by atoms with E-state index in [2.05, 4.69) is 69.4 Å². The molecule has 34 heavy (non-hydrogen) atoms. The van der Waals surface area contributed by atoms with Crippen LogP contribution in [0.25, 0.3) is 5.57 Å². The van der Waals surface area contributed by atoms with Gasteiger partial charge in [0.05, 0.1) is 6.04 Å². The number of carbonyl (C=O) groups is 1. The van der Waals surface area contributed by atoms with Crippen molar-refractivity contribution in [2.24, 2.45) is 5.92 Å². The molecule has 176 valence electrons. The van der Waals surface area contributed by atoms with Gasteiger partial charge in [-0.25, -0.2) is 0 Å². The van der Waals surface area contributed by atoms with Crippen LogP contribution in [0.4, 0.5) is 0 Å². The summed E-state index contributed by atoms with van der Waals surface area (Å²) in [7, 11) is 0. The van der Waals surface area contributed by atoms with Crippen LogP contribution in [0.5, 0.6) is 0 Å². The molecule has 3 heteroatoms. The first-order valence-electron chi connectivity index (χ1n) is 12.3. The number of hydrogen-bond donors (Lipinski definition) is 1. The molecule has 0 bridgehead atoms. The third-order valence-electron chi connectivity index (χ3n) is 7.45. The summed E-state index contributed by atoms with van der Waals surface area (Å²) in [5.74, 6) is 0.876. The fourth-order valence-electron chi connectivity index (χ4n) is 5.15.